The molecule has 0 N–H and O–H groups in total. The molecule has 0 atom stereocenters. The SMILES string of the molecule is CCOc1cc(CC)cc(OC)c1OCC. The lowest BCUT2D eigenvalue weighted by atomic mass is 10.1. The zero-order chi connectivity index (χ0) is 12.0. The largest absolute Gasteiger partial charge is 0.493 e. The van der Waals surface area contributed by atoms with E-state index in [2.05, 4.69) is 6.92 Å². The predicted octanol–water partition coefficient (Wildman–Crippen LogP) is 3.06. The minimum atomic E-state index is 0.599. The molecule has 0 bridgehead atoms. The van der Waals surface area contributed by atoms with E-state index in [1.165, 1.54) is 5.56 Å². The Labute approximate surface area is 97.3 Å². The molecular weight excluding hydrogens is 204 g/mol. The summed E-state index contributed by atoms with van der Waals surface area (Å²) in [5.41, 5.74) is 1.18. The second kappa shape index (κ2) is 6.26. The van der Waals surface area contributed by atoms with E-state index in [4.69, 9.17) is 14.2 Å². The second-order valence-corrected chi connectivity index (χ2v) is 3.34. The summed E-state index contributed by atoms with van der Waals surface area (Å²) in [5.74, 6) is 2.20. The first-order valence-electron chi connectivity index (χ1n) is 5.73. The Morgan fingerprint density at radius 1 is 0.938 bits per heavy atom. The van der Waals surface area contributed by atoms with Crippen LogP contribution in [0.1, 0.15) is 26.3 Å². The van der Waals surface area contributed by atoms with Crippen molar-refractivity contribution in [2.75, 3.05) is 20.3 Å². The summed E-state index contributed by atoms with van der Waals surface area (Å²) in [7, 11) is 1.65. The van der Waals surface area contributed by atoms with Gasteiger partial charge < -0.3 is 14.2 Å². The molecule has 0 heterocycles. The molecule has 1 rings (SSSR count). The Kier molecular flexibility index (Phi) is 4.96. The van der Waals surface area contributed by atoms with Crippen molar-refractivity contribution in [3.8, 4) is 17.2 Å². The van der Waals surface area contributed by atoms with Crippen LogP contribution in [-0.2, 0) is 6.42 Å². The lowest BCUT2D eigenvalue weighted by molar-refractivity contribution is 0.271. The van der Waals surface area contributed by atoms with Crippen molar-refractivity contribution in [2.24, 2.45) is 0 Å². The lowest BCUT2D eigenvalue weighted by Gasteiger charge is -2.15. The molecular formula is C13H20O3. The molecule has 0 radical (unpaired) electrons. The third-order valence-electron chi connectivity index (χ3n) is 2.30. The molecule has 16 heavy (non-hydrogen) atoms. The van der Waals surface area contributed by atoms with Crippen LogP contribution in [0.25, 0.3) is 0 Å². The van der Waals surface area contributed by atoms with Crippen LogP contribution in [0.3, 0.4) is 0 Å². The molecule has 0 aliphatic carbocycles. The van der Waals surface area contributed by atoms with Gasteiger partial charge in [0.25, 0.3) is 0 Å². The van der Waals surface area contributed by atoms with Crippen molar-refractivity contribution < 1.29 is 14.2 Å². The van der Waals surface area contributed by atoms with E-state index in [-0.39, 0.29) is 0 Å². The van der Waals surface area contributed by atoms with Gasteiger partial charge in [-0.25, -0.2) is 0 Å². The first kappa shape index (κ1) is 12.7. The van der Waals surface area contributed by atoms with Crippen LogP contribution in [0.15, 0.2) is 12.1 Å². The molecule has 0 saturated carbocycles. The molecule has 0 aliphatic rings. The van der Waals surface area contributed by atoms with Gasteiger partial charge in [0.2, 0.25) is 5.75 Å². The molecule has 1 aromatic carbocycles. The molecule has 90 valence electrons. The number of benzene rings is 1. The van der Waals surface area contributed by atoms with Crippen LogP contribution in [0.5, 0.6) is 17.2 Å². The van der Waals surface area contributed by atoms with E-state index < -0.39 is 0 Å². The number of hydrogen-bond acceptors (Lipinski definition) is 3. The van der Waals surface area contributed by atoms with Crippen LogP contribution < -0.4 is 14.2 Å². The Morgan fingerprint density at radius 2 is 1.56 bits per heavy atom. The Hall–Kier alpha value is -1.38. The van der Waals surface area contributed by atoms with Crippen molar-refractivity contribution in [3.63, 3.8) is 0 Å². The maximum atomic E-state index is 5.57. The zero-order valence-corrected chi connectivity index (χ0v) is 10.5. The van der Waals surface area contributed by atoms with Crippen LogP contribution in [-0.4, -0.2) is 20.3 Å². The number of rotatable bonds is 6. The molecule has 0 spiro atoms. The standard InChI is InChI=1S/C13H20O3/c1-5-10-8-11(14-4)13(16-7-3)12(9-10)15-6-2/h8-9H,5-7H2,1-4H3. The molecule has 0 aliphatic heterocycles. The first-order valence-corrected chi connectivity index (χ1v) is 5.73. The highest BCUT2D eigenvalue weighted by molar-refractivity contribution is 5.53. The summed E-state index contributed by atoms with van der Waals surface area (Å²) in [6.07, 6.45) is 0.947. The molecule has 0 aromatic heterocycles. The quantitative estimate of drug-likeness (QED) is 0.743. The summed E-state index contributed by atoms with van der Waals surface area (Å²) in [6, 6.07) is 4.00. The molecule has 3 nitrogen and oxygen atoms in total. The average molecular weight is 224 g/mol. The van der Waals surface area contributed by atoms with Gasteiger partial charge in [-0.3, -0.25) is 0 Å². The van der Waals surface area contributed by atoms with Gasteiger partial charge in [0.15, 0.2) is 11.5 Å². The monoisotopic (exact) mass is 224 g/mol. The highest BCUT2D eigenvalue weighted by Gasteiger charge is 2.13. The zero-order valence-electron chi connectivity index (χ0n) is 10.5. The van der Waals surface area contributed by atoms with Gasteiger partial charge in [-0.2, -0.15) is 0 Å². The maximum absolute atomic E-state index is 5.57. The van der Waals surface area contributed by atoms with E-state index in [0.29, 0.717) is 19.0 Å². The van der Waals surface area contributed by atoms with Crippen molar-refractivity contribution in [1.82, 2.24) is 0 Å². The fourth-order valence-electron chi connectivity index (χ4n) is 1.54. The summed E-state index contributed by atoms with van der Waals surface area (Å²) in [4.78, 5) is 0. The summed E-state index contributed by atoms with van der Waals surface area (Å²) < 4.78 is 16.5. The maximum Gasteiger partial charge on any atom is 0.203 e. The Balaban J connectivity index is 3.17. The van der Waals surface area contributed by atoms with Gasteiger partial charge in [0.1, 0.15) is 0 Å². The summed E-state index contributed by atoms with van der Waals surface area (Å²) >= 11 is 0. The van der Waals surface area contributed by atoms with Gasteiger partial charge in [-0.05, 0) is 38.0 Å². The number of aryl methyl sites for hydroxylation is 1. The number of methoxy groups -OCH3 is 1. The highest BCUT2D eigenvalue weighted by atomic mass is 16.5. The normalized spacial score (nSPS) is 10.0. The van der Waals surface area contributed by atoms with Gasteiger partial charge >= 0.3 is 0 Å². The van der Waals surface area contributed by atoms with Crippen molar-refractivity contribution in [1.29, 1.82) is 0 Å². The molecule has 0 saturated heterocycles. The molecule has 0 fully saturated rings. The van der Waals surface area contributed by atoms with Crippen molar-refractivity contribution >= 4 is 0 Å². The highest BCUT2D eigenvalue weighted by Crippen LogP contribution is 2.38. The predicted molar refractivity (Wildman–Crippen MR) is 64.7 cm³/mol. The Morgan fingerprint density at radius 3 is 2.06 bits per heavy atom. The summed E-state index contributed by atoms with van der Waals surface area (Å²) in [6.45, 7) is 7.23. The van der Waals surface area contributed by atoms with E-state index >= 15 is 0 Å². The molecule has 1 aromatic rings. The Bertz CT molecular complexity index is 334. The minimum absolute atomic E-state index is 0.599. The van der Waals surface area contributed by atoms with Crippen LogP contribution in [0.2, 0.25) is 0 Å². The van der Waals surface area contributed by atoms with E-state index in [1.807, 2.05) is 26.0 Å². The third kappa shape index (κ3) is 2.81. The van der Waals surface area contributed by atoms with Crippen LogP contribution in [0.4, 0.5) is 0 Å². The fraction of sp³-hybridized carbons (Fsp3) is 0.538. The van der Waals surface area contributed by atoms with Crippen molar-refractivity contribution in [2.45, 2.75) is 27.2 Å². The van der Waals surface area contributed by atoms with Crippen LogP contribution in [0, 0.1) is 0 Å². The molecule has 3 heteroatoms. The van der Waals surface area contributed by atoms with E-state index in [9.17, 15) is 0 Å². The average Bonchev–Trinajstić information content (AvgIpc) is 2.31. The van der Waals surface area contributed by atoms with E-state index in [0.717, 1.165) is 17.9 Å². The van der Waals surface area contributed by atoms with Crippen LogP contribution >= 0.6 is 0 Å². The molecule has 0 unspecified atom stereocenters. The minimum Gasteiger partial charge on any atom is -0.493 e. The van der Waals surface area contributed by atoms with Gasteiger partial charge in [-0.1, -0.05) is 6.92 Å². The lowest BCUT2D eigenvalue weighted by Crippen LogP contribution is -2.01. The van der Waals surface area contributed by atoms with Crippen molar-refractivity contribution in [3.05, 3.63) is 17.7 Å². The molecule has 0 amide bonds. The second-order valence-electron chi connectivity index (χ2n) is 3.34. The van der Waals surface area contributed by atoms with Gasteiger partial charge in [-0.15, -0.1) is 0 Å². The third-order valence-corrected chi connectivity index (χ3v) is 2.30. The number of hydrogen-bond donors (Lipinski definition) is 0. The van der Waals surface area contributed by atoms with E-state index in [1.54, 1.807) is 7.11 Å². The summed E-state index contributed by atoms with van der Waals surface area (Å²) in [5, 5.41) is 0. The number of ether oxygens (including phenoxy) is 3. The smallest absolute Gasteiger partial charge is 0.203 e. The first-order chi connectivity index (χ1) is 7.76. The van der Waals surface area contributed by atoms with Gasteiger partial charge in [0.05, 0.1) is 20.3 Å². The topological polar surface area (TPSA) is 27.7 Å². The fourth-order valence-corrected chi connectivity index (χ4v) is 1.54. The van der Waals surface area contributed by atoms with Gasteiger partial charge in [0, 0.05) is 0 Å².